The summed E-state index contributed by atoms with van der Waals surface area (Å²) in [6.07, 6.45) is -0.697. The lowest BCUT2D eigenvalue weighted by Crippen LogP contribution is -2.13. The van der Waals surface area contributed by atoms with Crippen molar-refractivity contribution >= 4 is 27.5 Å². The average Bonchev–Trinajstić information content (AvgIpc) is 2.50. The van der Waals surface area contributed by atoms with Crippen LogP contribution in [0.3, 0.4) is 0 Å². The number of anilines is 2. The summed E-state index contributed by atoms with van der Waals surface area (Å²) in [4.78, 5) is 11.1. The lowest BCUT2D eigenvalue weighted by atomic mass is 10.2. The lowest BCUT2D eigenvalue weighted by molar-refractivity contribution is 0.187. The van der Waals surface area contributed by atoms with Crippen LogP contribution in [0, 0.1) is 0 Å². The molecule has 2 aromatic carbocycles. The average molecular weight is 322 g/mol. The van der Waals surface area contributed by atoms with Crippen molar-refractivity contribution in [3.05, 3.63) is 48.5 Å². The fraction of sp³-hybridized carbons (Fsp3) is 0.0714. The summed E-state index contributed by atoms with van der Waals surface area (Å²) in [7, 11) is -2.59. The number of nitrogens with one attached hydrogen (secondary N) is 2. The van der Waals surface area contributed by atoms with Crippen LogP contribution in [0.25, 0.3) is 0 Å². The van der Waals surface area contributed by atoms with Crippen molar-refractivity contribution in [2.45, 2.75) is 4.90 Å². The van der Waals surface area contributed by atoms with Crippen LogP contribution in [0.4, 0.5) is 16.2 Å². The molecule has 0 unspecified atom stereocenters. The second-order valence-corrected chi connectivity index (χ2v) is 5.95. The van der Waals surface area contributed by atoms with Gasteiger partial charge in [0.15, 0.2) is 0 Å². The molecule has 116 valence electrons. The molecule has 0 aliphatic rings. The van der Waals surface area contributed by atoms with E-state index in [9.17, 15) is 18.3 Å². The topological polar surface area (TPSA) is 105 Å². The van der Waals surface area contributed by atoms with Gasteiger partial charge in [-0.05, 0) is 24.3 Å². The molecule has 22 heavy (non-hydrogen) atoms. The predicted molar refractivity (Wildman–Crippen MR) is 81.4 cm³/mol. The summed E-state index contributed by atoms with van der Waals surface area (Å²) in [5.74, 6) is -0.326. The standard InChI is InChI=1S/C14H14N2O5S/c1-21-14(18)15-10-7-8-12(13(17)9-10)16-22(19,20)11-5-3-2-4-6-11/h2-9,16-17H,1H3,(H,15,18). The first kappa shape index (κ1) is 15.6. The first-order chi connectivity index (χ1) is 10.4. The number of sulfonamides is 1. The number of phenolic OH excluding ortho intramolecular Hbond substituents is 1. The zero-order valence-electron chi connectivity index (χ0n) is 11.6. The van der Waals surface area contributed by atoms with Crippen molar-refractivity contribution in [2.24, 2.45) is 0 Å². The van der Waals surface area contributed by atoms with Gasteiger partial charge in [0.25, 0.3) is 10.0 Å². The molecule has 0 saturated carbocycles. The van der Waals surface area contributed by atoms with Gasteiger partial charge in [0.05, 0.1) is 17.7 Å². The Bertz CT molecular complexity index is 775. The first-order valence-corrected chi connectivity index (χ1v) is 7.66. The molecule has 0 bridgehead atoms. The number of phenols is 1. The van der Waals surface area contributed by atoms with E-state index in [2.05, 4.69) is 14.8 Å². The van der Waals surface area contributed by atoms with E-state index in [-0.39, 0.29) is 22.0 Å². The quantitative estimate of drug-likeness (QED) is 0.750. The molecule has 7 nitrogen and oxygen atoms in total. The number of carbonyl (C=O) groups is 1. The maximum atomic E-state index is 12.2. The molecule has 0 fully saturated rings. The Kier molecular flexibility index (Phi) is 4.52. The molecule has 0 aliphatic heterocycles. The Hall–Kier alpha value is -2.74. The maximum absolute atomic E-state index is 12.2. The molecule has 0 heterocycles. The number of hydrogen-bond donors (Lipinski definition) is 3. The van der Waals surface area contributed by atoms with E-state index in [1.807, 2.05) is 0 Å². The van der Waals surface area contributed by atoms with Crippen LogP contribution in [0.15, 0.2) is 53.4 Å². The van der Waals surface area contributed by atoms with Gasteiger partial charge in [-0.3, -0.25) is 10.0 Å². The first-order valence-electron chi connectivity index (χ1n) is 6.18. The Morgan fingerprint density at radius 3 is 2.41 bits per heavy atom. The molecule has 0 aromatic heterocycles. The van der Waals surface area contributed by atoms with E-state index >= 15 is 0 Å². The minimum atomic E-state index is -3.80. The Morgan fingerprint density at radius 2 is 1.82 bits per heavy atom. The number of rotatable bonds is 4. The van der Waals surface area contributed by atoms with Gasteiger partial charge < -0.3 is 9.84 Å². The van der Waals surface area contributed by atoms with Crippen LogP contribution in [0.2, 0.25) is 0 Å². The van der Waals surface area contributed by atoms with E-state index in [4.69, 9.17) is 0 Å². The molecule has 3 N–H and O–H groups in total. The molecule has 1 amide bonds. The Labute approximate surface area is 127 Å². The predicted octanol–water partition coefficient (Wildman–Crippen LogP) is 2.37. The van der Waals surface area contributed by atoms with Gasteiger partial charge in [-0.1, -0.05) is 18.2 Å². The highest BCUT2D eigenvalue weighted by Crippen LogP contribution is 2.28. The number of benzene rings is 2. The molecule has 0 radical (unpaired) electrons. The van der Waals surface area contributed by atoms with Crippen LogP contribution in [-0.4, -0.2) is 26.7 Å². The molecular formula is C14H14N2O5S. The molecule has 2 rings (SSSR count). The highest BCUT2D eigenvalue weighted by atomic mass is 32.2. The summed E-state index contributed by atoms with van der Waals surface area (Å²) in [6, 6.07) is 11.7. The van der Waals surface area contributed by atoms with Gasteiger partial charge >= 0.3 is 6.09 Å². The molecule has 0 saturated heterocycles. The van der Waals surface area contributed by atoms with Gasteiger partial charge in [-0.25, -0.2) is 13.2 Å². The zero-order chi connectivity index (χ0) is 16.2. The second-order valence-electron chi connectivity index (χ2n) is 4.27. The van der Waals surface area contributed by atoms with Crippen molar-refractivity contribution in [1.82, 2.24) is 0 Å². The van der Waals surface area contributed by atoms with E-state index in [0.717, 1.165) is 0 Å². The second kappa shape index (κ2) is 6.35. The number of hydrogen-bond acceptors (Lipinski definition) is 5. The number of carbonyl (C=O) groups excluding carboxylic acids is 1. The van der Waals surface area contributed by atoms with E-state index in [1.54, 1.807) is 18.2 Å². The zero-order valence-corrected chi connectivity index (χ0v) is 12.4. The van der Waals surface area contributed by atoms with Gasteiger partial charge in [0.2, 0.25) is 0 Å². The summed E-state index contributed by atoms with van der Waals surface area (Å²) in [6.45, 7) is 0. The molecule has 8 heteroatoms. The van der Waals surface area contributed by atoms with E-state index in [0.29, 0.717) is 0 Å². The number of amides is 1. The van der Waals surface area contributed by atoms with Crippen LogP contribution in [0.1, 0.15) is 0 Å². The van der Waals surface area contributed by atoms with E-state index < -0.39 is 16.1 Å². The summed E-state index contributed by atoms with van der Waals surface area (Å²) in [5.41, 5.74) is 0.270. The van der Waals surface area contributed by atoms with Gasteiger partial charge in [-0.2, -0.15) is 0 Å². The molecule has 0 atom stereocenters. The largest absolute Gasteiger partial charge is 0.506 e. The summed E-state index contributed by atoms with van der Waals surface area (Å²) < 4.78 is 31.0. The molecular weight excluding hydrogens is 308 g/mol. The third kappa shape index (κ3) is 3.67. The minimum absolute atomic E-state index is 0.000677. The molecule has 0 aliphatic carbocycles. The number of methoxy groups -OCH3 is 1. The van der Waals surface area contributed by atoms with Crippen LogP contribution < -0.4 is 10.0 Å². The van der Waals surface area contributed by atoms with Crippen molar-refractivity contribution in [1.29, 1.82) is 0 Å². The van der Waals surface area contributed by atoms with Crippen LogP contribution in [-0.2, 0) is 14.8 Å². The fourth-order valence-electron chi connectivity index (χ4n) is 1.67. The van der Waals surface area contributed by atoms with Crippen molar-refractivity contribution < 1.29 is 23.1 Å². The van der Waals surface area contributed by atoms with Crippen molar-refractivity contribution in [3.63, 3.8) is 0 Å². The smallest absolute Gasteiger partial charge is 0.411 e. The van der Waals surface area contributed by atoms with Gasteiger partial charge in [0, 0.05) is 11.8 Å². The summed E-state index contributed by atoms with van der Waals surface area (Å²) >= 11 is 0. The monoisotopic (exact) mass is 322 g/mol. The number of ether oxygens (including phenoxy) is 1. The third-order valence-corrected chi connectivity index (χ3v) is 4.11. The van der Waals surface area contributed by atoms with Gasteiger partial charge in [-0.15, -0.1) is 0 Å². The Morgan fingerprint density at radius 1 is 1.14 bits per heavy atom. The van der Waals surface area contributed by atoms with Gasteiger partial charge in [0.1, 0.15) is 5.75 Å². The fourth-order valence-corrected chi connectivity index (χ4v) is 2.76. The van der Waals surface area contributed by atoms with Crippen molar-refractivity contribution in [3.8, 4) is 5.75 Å². The van der Waals surface area contributed by atoms with Crippen LogP contribution >= 0.6 is 0 Å². The molecule has 0 spiro atoms. The third-order valence-electron chi connectivity index (χ3n) is 2.73. The molecule has 2 aromatic rings. The minimum Gasteiger partial charge on any atom is -0.506 e. The van der Waals surface area contributed by atoms with Crippen molar-refractivity contribution in [2.75, 3.05) is 17.1 Å². The summed E-state index contributed by atoms with van der Waals surface area (Å²) in [5, 5.41) is 12.2. The normalized spacial score (nSPS) is 10.8. The maximum Gasteiger partial charge on any atom is 0.411 e. The van der Waals surface area contributed by atoms with E-state index in [1.165, 1.54) is 37.4 Å². The highest BCUT2D eigenvalue weighted by Gasteiger charge is 2.16. The SMILES string of the molecule is COC(=O)Nc1ccc(NS(=O)(=O)c2ccccc2)c(O)c1. The van der Waals surface area contributed by atoms with Crippen LogP contribution in [0.5, 0.6) is 5.75 Å². The lowest BCUT2D eigenvalue weighted by Gasteiger charge is -2.11. The number of aromatic hydroxyl groups is 1. The highest BCUT2D eigenvalue weighted by molar-refractivity contribution is 7.92. The Balaban J connectivity index is 2.22.